The fraction of sp³-hybridized carbons (Fsp3) is 0.625. The molecule has 0 radical (unpaired) electrons. The largest absolute Gasteiger partial charge is 0.370 e. The van der Waals surface area contributed by atoms with Crippen LogP contribution >= 0.6 is 27.7 Å². The summed E-state index contributed by atoms with van der Waals surface area (Å²) in [5, 5.41) is 3.57. The van der Waals surface area contributed by atoms with Crippen LogP contribution in [0.3, 0.4) is 0 Å². The molecule has 0 saturated carbocycles. The highest BCUT2D eigenvalue weighted by Gasteiger charge is 2.14. The molecule has 0 aliphatic carbocycles. The zero-order valence-electron chi connectivity index (χ0n) is 12.5. The van der Waals surface area contributed by atoms with Gasteiger partial charge in [-0.25, -0.2) is 0 Å². The van der Waals surface area contributed by atoms with Crippen molar-refractivity contribution in [1.82, 2.24) is 5.32 Å². The second-order valence-electron chi connectivity index (χ2n) is 5.75. The highest BCUT2D eigenvalue weighted by atomic mass is 79.9. The molecule has 1 aromatic rings. The molecule has 0 unspecified atom stereocenters. The summed E-state index contributed by atoms with van der Waals surface area (Å²) in [4.78, 5) is 2.55. The van der Waals surface area contributed by atoms with E-state index in [-0.39, 0.29) is 0 Å². The number of benzene rings is 1. The van der Waals surface area contributed by atoms with Crippen LogP contribution in [0.1, 0.15) is 25.8 Å². The van der Waals surface area contributed by atoms with Crippen LogP contribution < -0.4 is 10.2 Å². The van der Waals surface area contributed by atoms with Crippen molar-refractivity contribution in [3.8, 4) is 0 Å². The molecule has 1 saturated heterocycles. The predicted octanol–water partition coefficient (Wildman–Crippen LogP) is 4.14. The fourth-order valence-electron chi connectivity index (χ4n) is 2.46. The van der Waals surface area contributed by atoms with Crippen molar-refractivity contribution >= 4 is 33.4 Å². The zero-order chi connectivity index (χ0) is 14.4. The van der Waals surface area contributed by atoms with E-state index in [1.807, 2.05) is 0 Å². The molecule has 112 valence electrons. The maximum atomic E-state index is 3.62. The number of nitrogens with zero attached hydrogens (tertiary/aromatic N) is 1. The average Bonchev–Trinajstić information content (AvgIpc) is 2.69. The maximum Gasteiger partial charge on any atom is 0.0423 e. The molecule has 4 heteroatoms. The topological polar surface area (TPSA) is 15.3 Å². The minimum Gasteiger partial charge on any atom is -0.370 e. The Morgan fingerprint density at radius 2 is 2.15 bits per heavy atom. The number of hydrogen-bond donors (Lipinski definition) is 1. The Bertz CT molecular complexity index is 415. The molecular weight excluding hydrogens is 332 g/mol. The second-order valence-corrected chi connectivity index (χ2v) is 7.89. The van der Waals surface area contributed by atoms with Gasteiger partial charge in [0.1, 0.15) is 0 Å². The molecule has 0 amide bonds. The third-order valence-corrected chi connectivity index (χ3v) is 5.02. The van der Waals surface area contributed by atoms with Gasteiger partial charge >= 0.3 is 0 Å². The van der Waals surface area contributed by atoms with E-state index in [1.54, 1.807) is 0 Å². The van der Waals surface area contributed by atoms with Crippen molar-refractivity contribution in [1.29, 1.82) is 0 Å². The third kappa shape index (κ3) is 4.97. The second kappa shape index (κ2) is 8.30. The fourth-order valence-corrected chi connectivity index (χ4v) is 3.70. The van der Waals surface area contributed by atoms with E-state index < -0.39 is 0 Å². The van der Waals surface area contributed by atoms with Crippen LogP contribution in [-0.4, -0.2) is 31.1 Å². The number of nitrogens with one attached hydrogen (secondary N) is 1. The SMILES string of the molecule is CC(C)CNCc1ccc(Br)cc1N1CCCSCC1. The van der Waals surface area contributed by atoms with Crippen LogP contribution in [0.5, 0.6) is 0 Å². The van der Waals surface area contributed by atoms with E-state index in [1.165, 1.54) is 40.2 Å². The summed E-state index contributed by atoms with van der Waals surface area (Å²) in [5.74, 6) is 3.24. The Morgan fingerprint density at radius 1 is 1.30 bits per heavy atom. The molecule has 1 aromatic carbocycles. The van der Waals surface area contributed by atoms with Gasteiger partial charge in [0.25, 0.3) is 0 Å². The number of rotatable bonds is 5. The Morgan fingerprint density at radius 3 is 2.95 bits per heavy atom. The molecule has 0 bridgehead atoms. The first kappa shape index (κ1) is 16.2. The summed E-state index contributed by atoms with van der Waals surface area (Å²) in [6, 6.07) is 6.69. The molecule has 1 N–H and O–H groups in total. The minimum atomic E-state index is 0.698. The lowest BCUT2D eigenvalue weighted by Crippen LogP contribution is -2.28. The van der Waals surface area contributed by atoms with Gasteiger partial charge in [0.2, 0.25) is 0 Å². The highest BCUT2D eigenvalue weighted by molar-refractivity contribution is 9.10. The zero-order valence-corrected chi connectivity index (χ0v) is 14.9. The van der Waals surface area contributed by atoms with Crippen LogP contribution in [0.4, 0.5) is 5.69 Å². The Balaban J connectivity index is 2.09. The van der Waals surface area contributed by atoms with Gasteiger partial charge in [-0.05, 0) is 42.3 Å². The van der Waals surface area contributed by atoms with Gasteiger partial charge in [-0.1, -0.05) is 35.8 Å². The molecule has 1 aliphatic rings. The molecular formula is C16H25BrN2S. The third-order valence-electron chi connectivity index (χ3n) is 3.48. The smallest absolute Gasteiger partial charge is 0.0423 e. The van der Waals surface area contributed by atoms with Crippen molar-refractivity contribution in [2.24, 2.45) is 5.92 Å². The monoisotopic (exact) mass is 356 g/mol. The molecule has 2 rings (SSSR count). The molecule has 0 atom stereocenters. The standard InChI is InChI=1S/C16H25BrN2S/c1-13(2)11-18-12-14-4-5-15(17)10-16(14)19-6-3-8-20-9-7-19/h4-5,10,13,18H,3,6-9,11-12H2,1-2H3. The van der Waals surface area contributed by atoms with Crippen LogP contribution in [0.25, 0.3) is 0 Å². The lowest BCUT2D eigenvalue weighted by molar-refractivity contribution is 0.552. The van der Waals surface area contributed by atoms with Crippen LogP contribution in [0.15, 0.2) is 22.7 Å². The van der Waals surface area contributed by atoms with Gasteiger partial charge in [-0.15, -0.1) is 0 Å². The van der Waals surface area contributed by atoms with Gasteiger partial charge < -0.3 is 10.2 Å². The summed E-state index contributed by atoms with van der Waals surface area (Å²) < 4.78 is 1.18. The van der Waals surface area contributed by atoms with E-state index in [4.69, 9.17) is 0 Å². The first-order valence-corrected chi connectivity index (χ1v) is 9.43. The Kier molecular flexibility index (Phi) is 6.72. The van der Waals surface area contributed by atoms with Gasteiger partial charge in [0.15, 0.2) is 0 Å². The van der Waals surface area contributed by atoms with Crippen molar-refractivity contribution in [2.75, 3.05) is 36.0 Å². The van der Waals surface area contributed by atoms with Crippen molar-refractivity contribution < 1.29 is 0 Å². The first-order chi connectivity index (χ1) is 9.66. The minimum absolute atomic E-state index is 0.698. The van der Waals surface area contributed by atoms with E-state index >= 15 is 0 Å². The van der Waals surface area contributed by atoms with Crippen molar-refractivity contribution in [3.63, 3.8) is 0 Å². The summed E-state index contributed by atoms with van der Waals surface area (Å²) in [6.07, 6.45) is 1.29. The van der Waals surface area contributed by atoms with Crippen LogP contribution in [0.2, 0.25) is 0 Å². The predicted molar refractivity (Wildman–Crippen MR) is 94.8 cm³/mol. The molecule has 0 spiro atoms. The van der Waals surface area contributed by atoms with Crippen LogP contribution in [-0.2, 0) is 6.54 Å². The number of halogens is 1. The normalized spacial score (nSPS) is 16.5. The van der Waals surface area contributed by atoms with Gasteiger partial charge in [0.05, 0.1) is 0 Å². The number of hydrogen-bond acceptors (Lipinski definition) is 3. The molecule has 2 nitrogen and oxygen atoms in total. The lowest BCUT2D eigenvalue weighted by atomic mass is 10.1. The Hall–Kier alpha value is -0.190. The van der Waals surface area contributed by atoms with Gasteiger partial charge in [0, 0.05) is 35.5 Å². The van der Waals surface area contributed by atoms with E-state index in [0.717, 1.165) is 19.6 Å². The molecule has 1 fully saturated rings. The number of anilines is 1. The maximum absolute atomic E-state index is 3.62. The molecule has 20 heavy (non-hydrogen) atoms. The highest BCUT2D eigenvalue weighted by Crippen LogP contribution is 2.27. The van der Waals surface area contributed by atoms with Crippen molar-refractivity contribution in [3.05, 3.63) is 28.2 Å². The van der Waals surface area contributed by atoms with E-state index in [0.29, 0.717) is 5.92 Å². The molecule has 0 aromatic heterocycles. The van der Waals surface area contributed by atoms with Gasteiger partial charge in [-0.2, -0.15) is 11.8 Å². The Labute approximate surface area is 135 Å². The average molecular weight is 357 g/mol. The van der Waals surface area contributed by atoms with Crippen molar-refractivity contribution in [2.45, 2.75) is 26.8 Å². The quantitative estimate of drug-likeness (QED) is 0.853. The van der Waals surface area contributed by atoms with E-state index in [2.05, 4.69) is 70.0 Å². The molecule has 1 aliphatic heterocycles. The van der Waals surface area contributed by atoms with Crippen LogP contribution in [0, 0.1) is 5.92 Å². The number of thioether (sulfide) groups is 1. The summed E-state index contributed by atoms with van der Waals surface area (Å²) in [5.41, 5.74) is 2.82. The van der Waals surface area contributed by atoms with Gasteiger partial charge in [-0.3, -0.25) is 0 Å². The lowest BCUT2D eigenvalue weighted by Gasteiger charge is -2.26. The summed E-state index contributed by atoms with van der Waals surface area (Å²) in [6.45, 7) is 8.89. The first-order valence-electron chi connectivity index (χ1n) is 7.48. The summed E-state index contributed by atoms with van der Waals surface area (Å²) >= 11 is 5.70. The molecule has 1 heterocycles. The van der Waals surface area contributed by atoms with E-state index in [9.17, 15) is 0 Å². The summed E-state index contributed by atoms with van der Waals surface area (Å²) in [7, 11) is 0.